The van der Waals surface area contributed by atoms with Gasteiger partial charge in [-0.1, -0.05) is 32.4 Å². The second-order valence-electron chi connectivity index (χ2n) is 3.98. The molecule has 0 aromatic heterocycles. The molecule has 0 radical (unpaired) electrons. The third-order valence-electron chi connectivity index (χ3n) is 2.83. The van der Waals surface area contributed by atoms with Crippen LogP contribution in [0.3, 0.4) is 0 Å². The summed E-state index contributed by atoms with van der Waals surface area (Å²) >= 11 is 0. The SMILES string of the molecule is CCC(C)C(NN)c1cccc(OC(F)F)c1. The highest BCUT2D eigenvalue weighted by Crippen LogP contribution is 2.26. The Morgan fingerprint density at radius 3 is 2.65 bits per heavy atom. The summed E-state index contributed by atoms with van der Waals surface area (Å²) in [5, 5.41) is 0. The van der Waals surface area contributed by atoms with Crippen LogP contribution in [0.5, 0.6) is 5.75 Å². The Balaban J connectivity index is 2.88. The summed E-state index contributed by atoms with van der Waals surface area (Å²) in [5.41, 5.74) is 3.55. The normalized spacial score (nSPS) is 14.7. The lowest BCUT2D eigenvalue weighted by Crippen LogP contribution is -2.32. The first-order valence-corrected chi connectivity index (χ1v) is 5.59. The van der Waals surface area contributed by atoms with Gasteiger partial charge in [0.15, 0.2) is 0 Å². The van der Waals surface area contributed by atoms with Crippen LogP contribution in [0, 0.1) is 5.92 Å². The molecule has 2 unspecified atom stereocenters. The van der Waals surface area contributed by atoms with Gasteiger partial charge in [0.2, 0.25) is 0 Å². The average molecular weight is 244 g/mol. The van der Waals surface area contributed by atoms with Crippen LogP contribution < -0.4 is 16.0 Å². The van der Waals surface area contributed by atoms with Crippen LogP contribution in [-0.4, -0.2) is 6.61 Å². The summed E-state index contributed by atoms with van der Waals surface area (Å²) < 4.78 is 28.6. The van der Waals surface area contributed by atoms with Crippen molar-refractivity contribution in [1.82, 2.24) is 5.43 Å². The molecule has 0 aliphatic heterocycles. The van der Waals surface area contributed by atoms with E-state index in [0.717, 1.165) is 12.0 Å². The highest BCUT2D eigenvalue weighted by atomic mass is 19.3. The van der Waals surface area contributed by atoms with Gasteiger partial charge in [0, 0.05) is 6.04 Å². The molecule has 1 aromatic rings. The Hall–Kier alpha value is -1.20. The number of benzene rings is 1. The molecule has 17 heavy (non-hydrogen) atoms. The molecule has 5 heteroatoms. The number of nitrogens with two attached hydrogens (primary N) is 1. The number of ether oxygens (including phenoxy) is 1. The van der Waals surface area contributed by atoms with Gasteiger partial charge >= 0.3 is 6.61 Å². The van der Waals surface area contributed by atoms with Crippen molar-refractivity contribution in [3.05, 3.63) is 29.8 Å². The lowest BCUT2D eigenvalue weighted by Gasteiger charge is -2.22. The number of rotatable bonds is 6. The van der Waals surface area contributed by atoms with Crippen molar-refractivity contribution in [2.24, 2.45) is 11.8 Å². The molecule has 3 N–H and O–H groups in total. The Bertz CT molecular complexity index is 347. The summed E-state index contributed by atoms with van der Waals surface area (Å²) in [5.74, 6) is 5.95. The first kappa shape index (κ1) is 13.9. The van der Waals surface area contributed by atoms with Crippen LogP contribution in [0.15, 0.2) is 24.3 Å². The fourth-order valence-electron chi connectivity index (χ4n) is 1.71. The quantitative estimate of drug-likeness (QED) is 0.597. The summed E-state index contributed by atoms with van der Waals surface area (Å²) in [4.78, 5) is 0. The standard InChI is InChI=1S/C12H18F2N2O/c1-3-8(2)11(16-15)9-5-4-6-10(7-9)17-12(13)14/h4-8,11-12,16H,3,15H2,1-2H3. The average Bonchev–Trinajstić information content (AvgIpc) is 2.29. The number of nitrogens with one attached hydrogen (secondary N) is 1. The van der Waals surface area contributed by atoms with Gasteiger partial charge in [-0.3, -0.25) is 11.3 Å². The Morgan fingerprint density at radius 1 is 1.41 bits per heavy atom. The van der Waals surface area contributed by atoms with Crippen molar-refractivity contribution >= 4 is 0 Å². The van der Waals surface area contributed by atoms with Crippen molar-refractivity contribution < 1.29 is 13.5 Å². The number of hydrazine groups is 1. The molecule has 2 atom stereocenters. The summed E-state index contributed by atoms with van der Waals surface area (Å²) in [6.45, 7) is 1.29. The van der Waals surface area contributed by atoms with Crippen LogP contribution in [-0.2, 0) is 0 Å². The van der Waals surface area contributed by atoms with Crippen molar-refractivity contribution in [3.63, 3.8) is 0 Å². The lowest BCUT2D eigenvalue weighted by molar-refractivity contribution is -0.0499. The maximum atomic E-state index is 12.1. The fourth-order valence-corrected chi connectivity index (χ4v) is 1.71. The number of halogens is 2. The maximum Gasteiger partial charge on any atom is 0.387 e. The first-order chi connectivity index (χ1) is 8.08. The smallest absolute Gasteiger partial charge is 0.387 e. The highest BCUT2D eigenvalue weighted by molar-refractivity contribution is 5.30. The highest BCUT2D eigenvalue weighted by Gasteiger charge is 2.17. The molecule has 0 bridgehead atoms. The van der Waals surface area contributed by atoms with Crippen molar-refractivity contribution in [1.29, 1.82) is 0 Å². The Labute approximate surface area is 99.9 Å². The number of hydrogen-bond donors (Lipinski definition) is 2. The van der Waals surface area contributed by atoms with Crippen molar-refractivity contribution in [2.75, 3.05) is 0 Å². The second kappa shape index (κ2) is 6.51. The first-order valence-electron chi connectivity index (χ1n) is 5.59. The van der Waals surface area contributed by atoms with E-state index in [1.54, 1.807) is 12.1 Å². The van der Waals surface area contributed by atoms with E-state index in [1.165, 1.54) is 6.07 Å². The van der Waals surface area contributed by atoms with E-state index >= 15 is 0 Å². The fraction of sp³-hybridized carbons (Fsp3) is 0.500. The monoisotopic (exact) mass is 244 g/mol. The van der Waals surface area contributed by atoms with E-state index in [2.05, 4.69) is 17.1 Å². The van der Waals surface area contributed by atoms with Crippen LogP contribution in [0.25, 0.3) is 0 Å². The summed E-state index contributed by atoms with van der Waals surface area (Å²) in [7, 11) is 0. The van der Waals surface area contributed by atoms with E-state index < -0.39 is 6.61 Å². The molecule has 0 saturated carbocycles. The Kier molecular flexibility index (Phi) is 5.31. The van der Waals surface area contributed by atoms with Crippen molar-refractivity contribution in [3.8, 4) is 5.75 Å². The van der Waals surface area contributed by atoms with Gasteiger partial charge in [-0.25, -0.2) is 0 Å². The Morgan fingerprint density at radius 2 is 2.12 bits per heavy atom. The zero-order valence-electron chi connectivity index (χ0n) is 9.99. The van der Waals surface area contributed by atoms with Gasteiger partial charge in [0.25, 0.3) is 0 Å². The predicted octanol–water partition coefficient (Wildman–Crippen LogP) is 2.84. The van der Waals surface area contributed by atoms with E-state index in [4.69, 9.17) is 5.84 Å². The van der Waals surface area contributed by atoms with E-state index in [9.17, 15) is 8.78 Å². The molecule has 3 nitrogen and oxygen atoms in total. The van der Waals surface area contributed by atoms with Crippen LogP contribution >= 0.6 is 0 Å². The molecule has 0 saturated heterocycles. The minimum absolute atomic E-state index is 0.0683. The zero-order valence-corrected chi connectivity index (χ0v) is 9.99. The molecule has 0 spiro atoms. The molecule has 0 aliphatic carbocycles. The molecule has 0 heterocycles. The van der Waals surface area contributed by atoms with Gasteiger partial charge in [-0.05, 0) is 23.6 Å². The van der Waals surface area contributed by atoms with Gasteiger partial charge in [-0.2, -0.15) is 8.78 Å². The van der Waals surface area contributed by atoms with Crippen LogP contribution in [0.2, 0.25) is 0 Å². The van der Waals surface area contributed by atoms with Crippen molar-refractivity contribution in [2.45, 2.75) is 32.9 Å². The second-order valence-corrected chi connectivity index (χ2v) is 3.98. The number of alkyl halides is 2. The predicted molar refractivity (Wildman–Crippen MR) is 62.6 cm³/mol. The van der Waals surface area contributed by atoms with E-state index in [-0.39, 0.29) is 11.8 Å². The third kappa shape index (κ3) is 3.94. The van der Waals surface area contributed by atoms with Gasteiger partial charge < -0.3 is 4.74 Å². The lowest BCUT2D eigenvalue weighted by atomic mass is 9.93. The van der Waals surface area contributed by atoms with Gasteiger partial charge in [0.05, 0.1) is 0 Å². The largest absolute Gasteiger partial charge is 0.435 e. The maximum absolute atomic E-state index is 12.1. The molecule has 0 aliphatic rings. The summed E-state index contributed by atoms with van der Waals surface area (Å²) in [6, 6.07) is 6.54. The molecular formula is C12H18F2N2O. The minimum Gasteiger partial charge on any atom is -0.435 e. The van der Waals surface area contributed by atoms with Crippen LogP contribution in [0.4, 0.5) is 8.78 Å². The molecular weight excluding hydrogens is 226 g/mol. The molecule has 96 valence electrons. The zero-order chi connectivity index (χ0) is 12.8. The van der Waals surface area contributed by atoms with Gasteiger partial charge in [0.1, 0.15) is 5.75 Å². The van der Waals surface area contributed by atoms with E-state index in [1.807, 2.05) is 13.0 Å². The minimum atomic E-state index is -2.81. The number of hydrogen-bond acceptors (Lipinski definition) is 3. The van der Waals surface area contributed by atoms with Crippen LogP contribution in [0.1, 0.15) is 31.9 Å². The third-order valence-corrected chi connectivity index (χ3v) is 2.83. The molecule has 0 amide bonds. The summed E-state index contributed by atoms with van der Waals surface area (Å²) in [6.07, 6.45) is 0.939. The van der Waals surface area contributed by atoms with E-state index in [0.29, 0.717) is 5.92 Å². The molecule has 0 fully saturated rings. The topological polar surface area (TPSA) is 47.3 Å². The molecule has 1 aromatic carbocycles. The molecule has 1 rings (SSSR count). The van der Waals surface area contributed by atoms with Gasteiger partial charge in [-0.15, -0.1) is 0 Å².